The fraction of sp³-hybridized carbons (Fsp3) is 0.333. The van der Waals surface area contributed by atoms with E-state index >= 15 is 0 Å². The van der Waals surface area contributed by atoms with Crippen LogP contribution in [-0.4, -0.2) is 33.7 Å². The van der Waals surface area contributed by atoms with Crippen LogP contribution in [0.1, 0.15) is 16.8 Å². The van der Waals surface area contributed by atoms with Gasteiger partial charge < -0.3 is 9.84 Å². The topological polar surface area (TPSA) is 98.5 Å². The third-order valence-electron chi connectivity index (χ3n) is 1.84. The monoisotopic (exact) mass is 226 g/mol. The van der Waals surface area contributed by atoms with Crippen molar-refractivity contribution < 1.29 is 19.4 Å². The van der Waals surface area contributed by atoms with E-state index in [1.54, 1.807) is 0 Å². The van der Waals surface area contributed by atoms with Crippen molar-refractivity contribution in [1.29, 1.82) is 0 Å². The zero-order valence-corrected chi connectivity index (χ0v) is 8.54. The Kier molecular flexibility index (Phi) is 3.76. The minimum atomic E-state index is -1.03. The number of hydrogen-bond donors (Lipinski definition) is 1. The summed E-state index contributed by atoms with van der Waals surface area (Å²) in [5, 5.41) is 8.46. The summed E-state index contributed by atoms with van der Waals surface area (Å²) in [7, 11) is 1.20. The van der Waals surface area contributed by atoms with Crippen LogP contribution in [0.15, 0.2) is 17.2 Å². The zero-order chi connectivity index (χ0) is 12.1. The molecule has 0 radical (unpaired) electrons. The second kappa shape index (κ2) is 5.06. The van der Waals surface area contributed by atoms with Gasteiger partial charge in [-0.1, -0.05) is 0 Å². The summed E-state index contributed by atoms with van der Waals surface area (Å²) in [6.07, 6.45) is 2.10. The molecule has 0 saturated carbocycles. The van der Waals surface area contributed by atoms with Crippen LogP contribution in [0.25, 0.3) is 0 Å². The number of aromatic nitrogens is 2. The number of methoxy groups -OCH3 is 1. The third kappa shape index (κ3) is 2.91. The summed E-state index contributed by atoms with van der Waals surface area (Å²) < 4.78 is 5.50. The van der Waals surface area contributed by atoms with Crippen LogP contribution in [0.3, 0.4) is 0 Å². The molecule has 7 nitrogen and oxygen atoms in total. The molecule has 1 aromatic rings. The fourth-order valence-electron chi connectivity index (χ4n) is 1.05. The molecule has 0 aliphatic heterocycles. The highest BCUT2D eigenvalue weighted by Gasteiger charge is 2.09. The Bertz CT molecular complexity index is 465. The molecular formula is C9H10N2O5. The first-order chi connectivity index (χ1) is 7.54. The van der Waals surface area contributed by atoms with Crippen LogP contribution < -0.4 is 5.69 Å². The lowest BCUT2D eigenvalue weighted by atomic mass is 10.3. The highest BCUT2D eigenvalue weighted by atomic mass is 16.5. The molecular weight excluding hydrogens is 216 g/mol. The van der Waals surface area contributed by atoms with Crippen molar-refractivity contribution in [2.24, 2.45) is 0 Å². The summed E-state index contributed by atoms with van der Waals surface area (Å²) in [5.74, 6) is -1.66. The first-order valence-corrected chi connectivity index (χ1v) is 4.41. The number of rotatable bonds is 4. The van der Waals surface area contributed by atoms with Gasteiger partial charge in [0.1, 0.15) is 0 Å². The molecule has 0 aliphatic carbocycles. The average molecular weight is 226 g/mol. The second-order valence-corrected chi connectivity index (χ2v) is 2.95. The van der Waals surface area contributed by atoms with Crippen molar-refractivity contribution in [2.75, 3.05) is 7.11 Å². The summed E-state index contributed by atoms with van der Waals surface area (Å²) >= 11 is 0. The van der Waals surface area contributed by atoms with E-state index in [-0.39, 0.29) is 18.5 Å². The predicted molar refractivity (Wildman–Crippen MR) is 52.1 cm³/mol. The van der Waals surface area contributed by atoms with E-state index in [1.165, 1.54) is 13.3 Å². The van der Waals surface area contributed by atoms with Crippen molar-refractivity contribution in [3.63, 3.8) is 0 Å². The molecule has 0 spiro atoms. The van der Waals surface area contributed by atoms with Gasteiger partial charge in [-0.25, -0.2) is 14.6 Å². The minimum Gasteiger partial charge on any atom is -0.481 e. The maximum atomic E-state index is 11.2. The molecule has 1 rings (SSSR count). The molecule has 0 saturated heterocycles. The van der Waals surface area contributed by atoms with Crippen LogP contribution in [0.4, 0.5) is 0 Å². The number of aliphatic carboxylic acids is 1. The van der Waals surface area contributed by atoms with Gasteiger partial charge in [0, 0.05) is 18.9 Å². The van der Waals surface area contributed by atoms with E-state index in [9.17, 15) is 14.4 Å². The molecule has 1 N–H and O–H groups in total. The van der Waals surface area contributed by atoms with Gasteiger partial charge in [-0.3, -0.25) is 9.36 Å². The van der Waals surface area contributed by atoms with Gasteiger partial charge in [0.05, 0.1) is 19.1 Å². The van der Waals surface area contributed by atoms with Gasteiger partial charge in [0.15, 0.2) is 0 Å². The number of esters is 1. The van der Waals surface area contributed by atoms with E-state index in [4.69, 9.17) is 5.11 Å². The highest BCUT2D eigenvalue weighted by Crippen LogP contribution is 1.97. The Balaban J connectivity index is 2.95. The minimum absolute atomic E-state index is 0.0357. The molecule has 0 unspecified atom stereocenters. The SMILES string of the molecule is COC(=O)c1cnc(=O)n(CCC(=O)O)c1. The first-order valence-electron chi connectivity index (χ1n) is 4.41. The van der Waals surface area contributed by atoms with Crippen LogP contribution in [0, 0.1) is 0 Å². The van der Waals surface area contributed by atoms with Gasteiger partial charge >= 0.3 is 17.6 Å². The smallest absolute Gasteiger partial charge is 0.347 e. The lowest BCUT2D eigenvalue weighted by Crippen LogP contribution is -2.25. The van der Waals surface area contributed by atoms with Crippen LogP contribution in [0.5, 0.6) is 0 Å². The summed E-state index contributed by atoms with van der Waals surface area (Å²) in [4.78, 5) is 36.1. The van der Waals surface area contributed by atoms with E-state index in [1.807, 2.05) is 0 Å². The van der Waals surface area contributed by atoms with Crippen molar-refractivity contribution in [3.05, 3.63) is 28.4 Å². The second-order valence-electron chi connectivity index (χ2n) is 2.95. The van der Waals surface area contributed by atoms with Crippen molar-refractivity contribution in [3.8, 4) is 0 Å². The summed E-state index contributed by atoms with van der Waals surface area (Å²) in [6.45, 7) is -0.0357. The van der Waals surface area contributed by atoms with E-state index in [0.29, 0.717) is 0 Å². The Morgan fingerprint density at radius 3 is 2.81 bits per heavy atom. The summed E-state index contributed by atoms with van der Waals surface area (Å²) in [6, 6.07) is 0. The number of ether oxygens (including phenoxy) is 1. The normalized spacial score (nSPS) is 9.81. The number of hydrogen-bond acceptors (Lipinski definition) is 5. The van der Waals surface area contributed by atoms with E-state index in [2.05, 4.69) is 9.72 Å². The lowest BCUT2D eigenvalue weighted by molar-refractivity contribution is -0.137. The number of carbonyl (C=O) groups excluding carboxylic acids is 1. The number of carboxylic acid groups (broad SMARTS) is 1. The highest BCUT2D eigenvalue weighted by molar-refractivity contribution is 5.88. The fourth-order valence-corrected chi connectivity index (χ4v) is 1.05. The Hall–Kier alpha value is -2.18. The standard InChI is InChI=1S/C9H10N2O5/c1-16-8(14)6-4-10-9(15)11(5-6)3-2-7(12)13/h4-5H,2-3H2,1H3,(H,12,13). The molecule has 0 aliphatic rings. The maximum Gasteiger partial charge on any atom is 0.347 e. The van der Waals surface area contributed by atoms with E-state index in [0.717, 1.165) is 10.8 Å². The number of carbonyl (C=O) groups is 2. The quantitative estimate of drug-likeness (QED) is 0.695. The van der Waals surface area contributed by atoms with Crippen molar-refractivity contribution in [1.82, 2.24) is 9.55 Å². The zero-order valence-electron chi connectivity index (χ0n) is 8.54. The molecule has 1 aromatic heterocycles. The Labute approximate surface area is 90.3 Å². The van der Waals surface area contributed by atoms with E-state index < -0.39 is 17.6 Å². The molecule has 0 bridgehead atoms. The lowest BCUT2D eigenvalue weighted by Gasteiger charge is -2.04. The van der Waals surface area contributed by atoms with Gasteiger partial charge in [0.2, 0.25) is 0 Å². The maximum absolute atomic E-state index is 11.2. The molecule has 7 heteroatoms. The largest absolute Gasteiger partial charge is 0.481 e. The van der Waals surface area contributed by atoms with Crippen molar-refractivity contribution in [2.45, 2.75) is 13.0 Å². The Morgan fingerprint density at radius 2 is 2.25 bits per heavy atom. The molecule has 0 atom stereocenters. The third-order valence-corrected chi connectivity index (χ3v) is 1.84. The molecule has 0 amide bonds. The number of aryl methyl sites for hydroxylation is 1. The Morgan fingerprint density at radius 1 is 1.56 bits per heavy atom. The molecule has 16 heavy (non-hydrogen) atoms. The predicted octanol–water partition coefficient (Wildman–Crippen LogP) is -0.495. The van der Waals surface area contributed by atoms with Gasteiger partial charge in [-0.15, -0.1) is 0 Å². The summed E-state index contributed by atoms with van der Waals surface area (Å²) in [5.41, 5.74) is -0.499. The molecule has 86 valence electrons. The van der Waals surface area contributed by atoms with Gasteiger partial charge in [0.25, 0.3) is 0 Å². The molecule has 1 heterocycles. The van der Waals surface area contributed by atoms with Gasteiger partial charge in [-0.2, -0.15) is 0 Å². The van der Waals surface area contributed by atoms with Crippen LogP contribution in [0.2, 0.25) is 0 Å². The first kappa shape index (κ1) is 11.9. The van der Waals surface area contributed by atoms with Gasteiger partial charge in [-0.05, 0) is 0 Å². The van der Waals surface area contributed by atoms with Crippen molar-refractivity contribution >= 4 is 11.9 Å². The molecule has 0 aromatic carbocycles. The number of nitrogens with zero attached hydrogens (tertiary/aromatic N) is 2. The molecule has 0 fully saturated rings. The number of carboxylic acids is 1. The van der Waals surface area contributed by atoms with Crippen LogP contribution >= 0.6 is 0 Å². The van der Waals surface area contributed by atoms with Crippen LogP contribution in [-0.2, 0) is 16.1 Å². The average Bonchev–Trinajstić information content (AvgIpc) is 2.26.